The Kier molecular flexibility index (Phi) is 6.65. The molecule has 0 heterocycles. The summed E-state index contributed by atoms with van der Waals surface area (Å²) in [6, 6.07) is 10.6. The van der Waals surface area contributed by atoms with Crippen LogP contribution >= 0.6 is 35.3 Å². The normalized spacial score (nSPS) is 12.7. The number of hydrogen-bond acceptors (Lipinski definition) is 3. The molecular formula is C11H16S3. The second-order valence-corrected chi connectivity index (χ2v) is 6.08. The number of rotatable bonds is 6. The molecule has 0 saturated carbocycles. The van der Waals surface area contributed by atoms with Crippen LogP contribution < -0.4 is 0 Å². The highest BCUT2D eigenvalue weighted by molar-refractivity contribution is 8.04. The van der Waals surface area contributed by atoms with Crippen LogP contribution in [0.25, 0.3) is 0 Å². The van der Waals surface area contributed by atoms with E-state index >= 15 is 0 Å². The predicted molar refractivity (Wildman–Crippen MR) is 72.9 cm³/mol. The lowest BCUT2D eigenvalue weighted by molar-refractivity contribution is 1.15. The number of hydrogen-bond donors (Lipinski definition) is 0. The van der Waals surface area contributed by atoms with Crippen molar-refractivity contribution in [2.45, 2.75) is 10.1 Å². The van der Waals surface area contributed by atoms with Gasteiger partial charge in [0.1, 0.15) is 0 Å². The minimum absolute atomic E-state index is 0.773. The van der Waals surface area contributed by atoms with E-state index < -0.39 is 0 Å². The molecule has 14 heavy (non-hydrogen) atoms. The van der Waals surface area contributed by atoms with Gasteiger partial charge in [0.25, 0.3) is 0 Å². The summed E-state index contributed by atoms with van der Waals surface area (Å²) in [5.74, 6) is 2.47. The van der Waals surface area contributed by atoms with E-state index in [0.29, 0.717) is 0 Å². The first-order valence-electron chi connectivity index (χ1n) is 4.56. The molecule has 0 unspecified atom stereocenters. The predicted octanol–water partition coefficient (Wildman–Crippen LogP) is 3.87. The Morgan fingerprint density at radius 1 is 1.07 bits per heavy atom. The summed E-state index contributed by atoms with van der Waals surface area (Å²) in [5, 5.41) is 0.773. The highest BCUT2D eigenvalue weighted by Gasteiger charge is 2.06. The van der Waals surface area contributed by atoms with Gasteiger partial charge in [0.05, 0.1) is 0 Å². The maximum atomic E-state index is 2.20. The Labute approximate surface area is 99.6 Å². The molecule has 0 N–H and O–H groups in total. The van der Waals surface area contributed by atoms with E-state index in [0.717, 1.165) is 5.25 Å². The van der Waals surface area contributed by atoms with Gasteiger partial charge in [-0.1, -0.05) is 18.2 Å². The summed E-state index contributed by atoms with van der Waals surface area (Å²) < 4.78 is 0. The van der Waals surface area contributed by atoms with Crippen LogP contribution in [-0.4, -0.2) is 29.3 Å². The van der Waals surface area contributed by atoms with Gasteiger partial charge in [-0.25, -0.2) is 0 Å². The first kappa shape index (κ1) is 12.3. The van der Waals surface area contributed by atoms with Crippen molar-refractivity contribution in [2.75, 3.05) is 24.0 Å². The SMILES string of the molecule is CSC[C@@H](CSc1ccccc1)SC. The monoisotopic (exact) mass is 244 g/mol. The van der Waals surface area contributed by atoms with E-state index in [1.807, 2.05) is 35.3 Å². The molecular weight excluding hydrogens is 228 g/mol. The third-order valence-corrected chi connectivity index (χ3v) is 5.20. The van der Waals surface area contributed by atoms with Gasteiger partial charge < -0.3 is 0 Å². The van der Waals surface area contributed by atoms with Crippen LogP contribution in [0.3, 0.4) is 0 Å². The Balaban J connectivity index is 2.32. The Hall–Kier alpha value is 0.270. The molecule has 1 rings (SSSR count). The smallest absolute Gasteiger partial charge is 0.0229 e. The van der Waals surface area contributed by atoms with Crippen molar-refractivity contribution in [3.63, 3.8) is 0 Å². The minimum Gasteiger partial charge on any atom is -0.164 e. The molecule has 0 saturated heterocycles. The van der Waals surface area contributed by atoms with Crippen LogP contribution in [-0.2, 0) is 0 Å². The standard InChI is InChI=1S/C11H16S3/c1-12-8-11(13-2)9-14-10-6-4-3-5-7-10/h3-7,11H,8-9H2,1-2H3/t11-/m0/s1. The molecule has 1 atom stereocenters. The van der Waals surface area contributed by atoms with Crippen LogP contribution in [0.15, 0.2) is 35.2 Å². The molecule has 0 spiro atoms. The molecule has 0 bridgehead atoms. The van der Waals surface area contributed by atoms with Crippen molar-refractivity contribution in [1.82, 2.24) is 0 Å². The number of benzene rings is 1. The van der Waals surface area contributed by atoms with Crippen LogP contribution in [0.1, 0.15) is 0 Å². The summed E-state index contributed by atoms with van der Waals surface area (Å²) in [6.45, 7) is 0. The molecule has 0 nitrogen and oxygen atoms in total. The second-order valence-electron chi connectivity index (χ2n) is 2.94. The maximum absolute atomic E-state index is 2.20. The zero-order chi connectivity index (χ0) is 10.2. The van der Waals surface area contributed by atoms with E-state index in [1.165, 1.54) is 16.4 Å². The number of thioether (sulfide) groups is 3. The molecule has 0 aromatic heterocycles. The molecule has 3 heteroatoms. The van der Waals surface area contributed by atoms with Crippen molar-refractivity contribution in [3.05, 3.63) is 30.3 Å². The molecule has 0 aliphatic rings. The van der Waals surface area contributed by atoms with E-state index in [4.69, 9.17) is 0 Å². The summed E-state index contributed by atoms with van der Waals surface area (Å²) in [6.07, 6.45) is 4.38. The average Bonchev–Trinajstić information content (AvgIpc) is 2.25. The van der Waals surface area contributed by atoms with Gasteiger partial charge in [0, 0.05) is 21.7 Å². The fraction of sp³-hybridized carbons (Fsp3) is 0.455. The summed E-state index contributed by atoms with van der Waals surface area (Å²) in [4.78, 5) is 1.38. The second kappa shape index (κ2) is 7.55. The van der Waals surface area contributed by atoms with Crippen molar-refractivity contribution in [1.29, 1.82) is 0 Å². The van der Waals surface area contributed by atoms with Crippen LogP contribution in [0.5, 0.6) is 0 Å². The van der Waals surface area contributed by atoms with E-state index in [-0.39, 0.29) is 0 Å². The minimum atomic E-state index is 0.773. The fourth-order valence-corrected chi connectivity index (χ4v) is 4.26. The molecule has 0 fully saturated rings. The summed E-state index contributed by atoms with van der Waals surface area (Å²) >= 11 is 5.87. The zero-order valence-electron chi connectivity index (χ0n) is 8.60. The van der Waals surface area contributed by atoms with Crippen LogP contribution in [0.2, 0.25) is 0 Å². The Morgan fingerprint density at radius 2 is 1.79 bits per heavy atom. The van der Waals surface area contributed by atoms with Crippen LogP contribution in [0.4, 0.5) is 0 Å². The molecule has 1 aromatic carbocycles. The Bertz CT molecular complexity index is 236. The van der Waals surface area contributed by atoms with Crippen molar-refractivity contribution in [3.8, 4) is 0 Å². The molecule has 78 valence electrons. The quantitative estimate of drug-likeness (QED) is 0.697. The first-order chi connectivity index (χ1) is 6.86. The molecule has 1 aromatic rings. The molecule has 0 radical (unpaired) electrons. The lowest BCUT2D eigenvalue weighted by Gasteiger charge is -2.11. The third kappa shape index (κ3) is 4.67. The van der Waals surface area contributed by atoms with Gasteiger partial charge >= 0.3 is 0 Å². The van der Waals surface area contributed by atoms with Crippen molar-refractivity contribution in [2.24, 2.45) is 0 Å². The fourth-order valence-electron chi connectivity index (χ4n) is 1.08. The summed E-state index contributed by atoms with van der Waals surface area (Å²) in [7, 11) is 0. The average molecular weight is 244 g/mol. The zero-order valence-corrected chi connectivity index (χ0v) is 11.1. The van der Waals surface area contributed by atoms with E-state index in [1.54, 1.807) is 0 Å². The van der Waals surface area contributed by atoms with Gasteiger partial charge in [0.15, 0.2) is 0 Å². The van der Waals surface area contributed by atoms with Crippen molar-refractivity contribution >= 4 is 35.3 Å². The first-order valence-corrected chi connectivity index (χ1v) is 8.23. The van der Waals surface area contributed by atoms with E-state index in [9.17, 15) is 0 Å². The van der Waals surface area contributed by atoms with Crippen LogP contribution in [0, 0.1) is 0 Å². The topological polar surface area (TPSA) is 0 Å². The van der Waals surface area contributed by atoms with Gasteiger partial charge in [-0.3, -0.25) is 0 Å². The van der Waals surface area contributed by atoms with Gasteiger partial charge in [-0.15, -0.1) is 11.8 Å². The lowest BCUT2D eigenvalue weighted by atomic mass is 10.4. The van der Waals surface area contributed by atoms with Gasteiger partial charge in [0.2, 0.25) is 0 Å². The van der Waals surface area contributed by atoms with E-state index in [2.05, 4.69) is 42.8 Å². The Morgan fingerprint density at radius 3 is 2.36 bits per heavy atom. The molecule has 0 amide bonds. The molecule has 0 aliphatic carbocycles. The largest absolute Gasteiger partial charge is 0.164 e. The van der Waals surface area contributed by atoms with Gasteiger partial charge in [-0.2, -0.15) is 23.5 Å². The molecule has 0 aliphatic heterocycles. The van der Waals surface area contributed by atoms with Crippen molar-refractivity contribution < 1.29 is 0 Å². The highest BCUT2D eigenvalue weighted by Crippen LogP contribution is 2.23. The lowest BCUT2D eigenvalue weighted by Crippen LogP contribution is -2.08. The highest BCUT2D eigenvalue weighted by atomic mass is 32.2. The van der Waals surface area contributed by atoms with Gasteiger partial charge in [-0.05, 0) is 24.6 Å². The maximum Gasteiger partial charge on any atom is 0.0229 e. The summed E-state index contributed by atoms with van der Waals surface area (Å²) in [5.41, 5.74) is 0. The third-order valence-electron chi connectivity index (χ3n) is 1.86.